The molecule has 2 aromatic rings. The highest BCUT2D eigenvalue weighted by molar-refractivity contribution is 5.86. The van der Waals surface area contributed by atoms with Crippen molar-refractivity contribution in [1.82, 2.24) is 20.9 Å². The van der Waals surface area contributed by atoms with Crippen LogP contribution in [0.15, 0.2) is 65.7 Å². The zero-order valence-electron chi connectivity index (χ0n) is 18.7. The number of nitrogens with one attached hydrogen (secondary N) is 3. The number of aliphatic imine (C=N–C) groups is 1. The van der Waals surface area contributed by atoms with Gasteiger partial charge in [0.25, 0.3) is 0 Å². The van der Waals surface area contributed by atoms with E-state index < -0.39 is 0 Å². The summed E-state index contributed by atoms with van der Waals surface area (Å²) in [5, 5.41) is 9.19. The van der Waals surface area contributed by atoms with E-state index in [-0.39, 0.29) is 24.3 Å². The van der Waals surface area contributed by atoms with Crippen LogP contribution in [0, 0.1) is 5.92 Å². The van der Waals surface area contributed by atoms with Gasteiger partial charge in [-0.1, -0.05) is 60.7 Å². The molecule has 0 aromatic heterocycles. The highest BCUT2D eigenvalue weighted by Crippen LogP contribution is 2.17. The first-order valence-corrected chi connectivity index (χ1v) is 11.2. The van der Waals surface area contributed by atoms with Crippen LogP contribution in [0.25, 0.3) is 0 Å². The molecule has 3 N–H and O–H groups in total. The van der Waals surface area contributed by atoms with Crippen LogP contribution in [0.3, 0.4) is 0 Å². The summed E-state index contributed by atoms with van der Waals surface area (Å²) < 4.78 is 0. The van der Waals surface area contributed by atoms with E-state index in [1.165, 1.54) is 11.1 Å². The maximum Gasteiger partial charge on any atom is 0.239 e. The second-order valence-corrected chi connectivity index (χ2v) is 8.04. The van der Waals surface area contributed by atoms with Gasteiger partial charge in [-0.15, -0.1) is 0 Å². The van der Waals surface area contributed by atoms with Crippen molar-refractivity contribution in [3.8, 4) is 0 Å². The molecule has 1 unspecified atom stereocenters. The van der Waals surface area contributed by atoms with Gasteiger partial charge in [-0.25, -0.2) is 0 Å². The van der Waals surface area contributed by atoms with Crippen LogP contribution in [0.5, 0.6) is 0 Å². The topological polar surface area (TPSA) is 85.8 Å². The third-order valence-electron chi connectivity index (χ3n) is 5.58. The van der Waals surface area contributed by atoms with Crippen molar-refractivity contribution in [2.24, 2.45) is 10.9 Å². The van der Waals surface area contributed by atoms with Crippen LogP contribution in [-0.2, 0) is 22.4 Å². The van der Waals surface area contributed by atoms with E-state index in [0.29, 0.717) is 25.5 Å². The van der Waals surface area contributed by atoms with Gasteiger partial charge < -0.3 is 20.9 Å². The molecule has 1 fully saturated rings. The molecule has 3 rings (SSSR count). The van der Waals surface area contributed by atoms with Gasteiger partial charge in [0.15, 0.2) is 5.96 Å². The van der Waals surface area contributed by atoms with Crippen molar-refractivity contribution < 1.29 is 9.59 Å². The number of hydrogen-bond acceptors (Lipinski definition) is 3. The second-order valence-electron chi connectivity index (χ2n) is 8.04. The lowest BCUT2D eigenvalue weighted by atomic mass is 10.1. The zero-order valence-corrected chi connectivity index (χ0v) is 18.7. The molecule has 170 valence electrons. The van der Waals surface area contributed by atoms with E-state index in [2.05, 4.69) is 33.1 Å². The lowest BCUT2D eigenvalue weighted by Gasteiger charge is -2.18. The molecular weight excluding hydrogens is 402 g/mol. The van der Waals surface area contributed by atoms with Crippen molar-refractivity contribution in [3.63, 3.8) is 0 Å². The van der Waals surface area contributed by atoms with Crippen molar-refractivity contribution in [1.29, 1.82) is 0 Å². The highest BCUT2D eigenvalue weighted by Gasteiger charge is 2.29. The average molecular weight is 436 g/mol. The number of hydrogen-bond donors (Lipinski definition) is 3. The number of benzene rings is 2. The largest absolute Gasteiger partial charge is 0.356 e. The summed E-state index contributed by atoms with van der Waals surface area (Å²) in [6.07, 6.45) is 2.21. The summed E-state index contributed by atoms with van der Waals surface area (Å²) >= 11 is 0. The molecule has 32 heavy (non-hydrogen) atoms. The summed E-state index contributed by atoms with van der Waals surface area (Å²) in [4.78, 5) is 30.5. The Morgan fingerprint density at radius 3 is 2.28 bits per heavy atom. The number of carbonyl (C=O) groups excluding carboxylic acids is 2. The van der Waals surface area contributed by atoms with Crippen LogP contribution < -0.4 is 16.0 Å². The quantitative estimate of drug-likeness (QED) is 0.391. The first kappa shape index (κ1) is 23.3. The lowest BCUT2D eigenvalue weighted by molar-refractivity contribution is -0.127. The Balaban J connectivity index is 1.31. The number of guanidine groups is 1. The van der Waals surface area contributed by atoms with Crippen molar-refractivity contribution in [2.75, 3.05) is 39.8 Å². The van der Waals surface area contributed by atoms with Gasteiger partial charge in [-0.3, -0.25) is 14.6 Å². The normalized spacial score (nSPS) is 16.2. The standard InChI is InChI=1S/C25H33N5O2/c1-26-25(29-18-23(31)27-14-12-20-8-4-2-5-9-20)28-17-22-16-24(32)30(19-22)15-13-21-10-6-3-7-11-21/h2-11,22H,12-19H2,1H3,(H,27,31)(H2,26,28,29). The Kier molecular flexibility index (Phi) is 9.10. The maximum atomic E-state index is 12.3. The van der Waals surface area contributed by atoms with Crippen LogP contribution in [0.2, 0.25) is 0 Å². The third-order valence-corrected chi connectivity index (χ3v) is 5.58. The van der Waals surface area contributed by atoms with Crippen LogP contribution in [-0.4, -0.2) is 62.4 Å². The molecular formula is C25H33N5O2. The second kappa shape index (κ2) is 12.5. The number of likely N-dealkylation sites (tertiary alicyclic amines) is 1. The minimum atomic E-state index is -0.0768. The van der Waals surface area contributed by atoms with Gasteiger partial charge >= 0.3 is 0 Å². The first-order valence-electron chi connectivity index (χ1n) is 11.2. The number of nitrogens with zero attached hydrogens (tertiary/aromatic N) is 2. The molecule has 0 saturated carbocycles. The molecule has 0 spiro atoms. The molecule has 1 aliphatic rings. The smallest absolute Gasteiger partial charge is 0.239 e. The van der Waals surface area contributed by atoms with Gasteiger partial charge in [0.05, 0.1) is 6.54 Å². The number of amides is 2. The number of carbonyl (C=O) groups is 2. The lowest BCUT2D eigenvalue weighted by Crippen LogP contribution is -2.45. The predicted molar refractivity (Wildman–Crippen MR) is 127 cm³/mol. The Morgan fingerprint density at radius 1 is 0.969 bits per heavy atom. The zero-order chi connectivity index (χ0) is 22.6. The Morgan fingerprint density at radius 2 is 1.62 bits per heavy atom. The molecule has 1 heterocycles. The van der Waals surface area contributed by atoms with E-state index >= 15 is 0 Å². The van der Waals surface area contributed by atoms with Gasteiger partial charge in [0.1, 0.15) is 0 Å². The van der Waals surface area contributed by atoms with E-state index in [9.17, 15) is 9.59 Å². The third kappa shape index (κ3) is 7.72. The summed E-state index contributed by atoms with van der Waals surface area (Å²) in [5.41, 5.74) is 2.44. The van der Waals surface area contributed by atoms with Gasteiger partial charge in [0, 0.05) is 45.6 Å². The molecule has 2 aromatic carbocycles. The summed E-state index contributed by atoms with van der Waals surface area (Å²) in [7, 11) is 1.68. The van der Waals surface area contributed by atoms with Crippen LogP contribution in [0.4, 0.5) is 0 Å². The summed E-state index contributed by atoms with van der Waals surface area (Å²) in [6.45, 7) is 2.88. The van der Waals surface area contributed by atoms with Crippen molar-refractivity contribution in [3.05, 3.63) is 71.8 Å². The predicted octanol–water partition coefficient (Wildman–Crippen LogP) is 1.60. The van der Waals surface area contributed by atoms with Crippen molar-refractivity contribution >= 4 is 17.8 Å². The minimum absolute atomic E-state index is 0.0768. The SMILES string of the molecule is CN=C(NCC(=O)NCCc1ccccc1)NCC1CC(=O)N(CCc2ccccc2)C1. The molecule has 0 radical (unpaired) electrons. The monoisotopic (exact) mass is 435 g/mol. The first-order chi connectivity index (χ1) is 15.6. The molecule has 1 aliphatic heterocycles. The summed E-state index contributed by atoms with van der Waals surface area (Å²) in [6, 6.07) is 20.3. The van der Waals surface area contributed by atoms with E-state index in [4.69, 9.17) is 0 Å². The van der Waals surface area contributed by atoms with Gasteiger partial charge in [-0.2, -0.15) is 0 Å². The molecule has 1 atom stereocenters. The molecule has 0 aliphatic carbocycles. The Hall–Kier alpha value is -3.35. The molecule has 1 saturated heterocycles. The van der Waals surface area contributed by atoms with Crippen LogP contribution >= 0.6 is 0 Å². The van der Waals surface area contributed by atoms with Crippen LogP contribution in [0.1, 0.15) is 17.5 Å². The molecule has 2 amide bonds. The van der Waals surface area contributed by atoms with E-state index in [0.717, 1.165) is 25.9 Å². The maximum absolute atomic E-state index is 12.3. The van der Waals surface area contributed by atoms with E-state index in [1.807, 2.05) is 53.4 Å². The average Bonchev–Trinajstić information content (AvgIpc) is 3.18. The molecule has 7 nitrogen and oxygen atoms in total. The molecule has 0 bridgehead atoms. The highest BCUT2D eigenvalue weighted by atomic mass is 16.2. The van der Waals surface area contributed by atoms with Gasteiger partial charge in [0.2, 0.25) is 11.8 Å². The molecule has 7 heteroatoms. The fourth-order valence-corrected chi connectivity index (χ4v) is 3.79. The van der Waals surface area contributed by atoms with Gasteiger partial charge in [-0.05, 0) is 24.0 Å². The fraction of sp³-hybridized carbons (Fsp3) is 0.400. The Labute approximate surface area is 190 Å². The fourth-order valence-electron chi connectivity index (χ4n) is 3.79. The van der Waals surface area contributed by atoms with Crippen molar-refractivity contribution in [2.45, 2.75) is 19.3 Å². The van der Waals surface area contributed by atoms with E-state index in [1.54, 1.807) is 7.05 Å². The minimum Gasteiger partial charge on any atom is -0.356 e. The summed E-state index contributed by atoms with van der Waals surface area (Å²) in [5.74, 6) is 0.926. The Bertz CT molecular complexity index is 886. The number of rotatable bonds is 10.